The molecule has 5 rings (SSSR count). The van der Waals surface area contributed by atoms with Crippen LogP contribution < -0.4 is 20.9 Å². The lowest BCUT2D eigenvalue weighted by Crippen LogP contribution is -2.18. The number of aromatic hydroxyl groups is 2. The third kappa shape index (κ3) is 9.09. The largest absolute Gasteiger partial charge is 0.507 e. The number of hydrogen-bond donors (Lipinski definition) is 4. The van der Waals surface area contributed by atoms with E-state index < -0.39 is 0 Å². The van der Waals surface area contributed by atoms with Crippen molar-refractivity contribution in [1.82, 2.24) is 0 Å². The summed E-state index contributed by atoms with van der Waals surface area (Å²) in [5.74, 6) is 2.10. The van der Waals surface area contributed by atoms with E-state index in [4.69, 9.17) is 20.9 Å². The zero-order valence-corrected chi connectivity index (χ0v) is 35.1. The van der Waals surface area contributed by atoms with E-state index in [1.165, 1.54) is 11.1 Å². The van der Waals surface area contributed by atoms with E-state index >= 15 is 0 Å². The maximum absolute atomic E-state index is 12.3. The molecule has 0 aliphatic heterocycles. The topological polar surface area (TPSA) is 111 Å². The monoisotopic (exact) mass is 735 g/mol. The first-order valence-electron chi connectivity index (χ1n) is 19.7. The Morgan fingerprint density at radius 2 is 0.611 bits per heavy atom. The van der Waals surface area contributed by atoms with Crippen LogP contribution in [0.15, 0.2) is 48.5 Å². The van der Waals surface area contributed by atoms with Crippen molar-refractivity contribution in [3.63, 3.8) is 0 Å². The number of hydrogen-bond acceptors (Lipinski definition) is 6. The van der Waals surface area contributed by atoms with E-state index in [9.17, 15) is 10.2 Å². The van der Waals surface area contributed by atoms with Gasteiger partial charge in [-0.3, -0.25) is 0 Å². The van der Waals surface area contributed by atoms with E-state index in [0.717, 1.165) is 67.1 Å². The van der Waals surface area contributed by atoms with Gasteiger partial charge in [0.2, 0.25) is 0 Å². The van der Waals surface area contributed by atoms with Crippen LogP contribution in [-0.4, -0.2) is 36.5 Å². The standard InChI is InChI=1S/C48H66N2O4/c1-45(2,3)37-21-29-17-33-25-39(47(7,8)9)27-35(43(33)53-15-13-49)19-31-23-38(46(4,5)6)24-32(42(31)52)20-36-28-40(48(10,11)12)26-34(44(36)54-16-14-50)18-30(22-37)41(29)51/h21-28,51-52H,13-20,49-50H2,1-12H3. The summed E-state index contributed by atoms with van der Waals surface area (Å²) in [4.78, 5) is 0. The van der Waals surface area contributed by atoms with Gasteiger partial charge in [-0.15, -0.1) is 0 Å². The lowest BCUT2D eigenvalue weighted by molar-refractivity contribution is 0.321. The first kappa shape index (κ1) is 41.2. The molecule has 8 bridgehead atoms. The van der Waals surface area contributed by atoms with Crippen molar-refractivity contribution >= 4 is 0 Å². The van der Waals surface area contributed by atoms with Crippen molar-refractivity contribution in [3.8, 4) is 23.0 Å². The summed E-state index contributed by atoms with van der Waals surface area (Å²) < 4.78 is 13.1. The predicted octanol–water partition coefficient (Wildman–Crippen LogP) is 9.64. The molecule has 0 unspecified atom stereocenters. The highest BCUT2D eigenvalue weighted by Crippen LogP contribution is 2.43. The molecular formula is C48H66N2O4. The van der Waals surface area contributed by atoms with Crippen molar-refractivity contribution in [2.45, 2.75) is 130 Å². The third-order valence-corrected chi connectivity index (χ3v) is 10.7. The first-order chi connectivity index (χ1) is 25.0. The zero-order chi connectivity index (χ0) is 40.0. The molecule has 0 amide bonds. The molecule has 292 valence electrons. The van der Waals surface area contributed by atoms with E-state index in [1.54, 1.807) is 0 Å². The van der Waals surface area contributed by atoms with Crippen molar-refractivity contribution in [2.75, 3.05) is 26.3 Å². The fraction of sp³-hybridized carbons (Fsp3) is 0.500. The highest BCUT2D eigenvalue weighted by atomic mass is 16.5. The number of rotatable bonds is 6. The molecular weight excluding hydrogens is 669 g/mol. The van der Waals surface area contributed by atoms with Crippen LogP contribution in [0.25, 0.3) is 0 Å². The number of fused-ring (bicyclic) bond motifs is 8. The van der Waals surface area contributed by atoms with Crippen molar-refractivity contribution in [2.24, 2.45) is 11.5 Å². The highest BCUT2D eigenvalue weighted by molar-refractivity contribution is 5.59. The molecule has 0 fully saturated rings. The second kappa shape index (κ2) is 15.3. The predicted molar refractivity (Wildman–Crippen MR) is 224 cm³/mol. The molecule has 6 N–H and O–H groups in total. The van der Waals surface area contributed by atoms with Gasteiger partial charge in [0.05, 0.1) is 0 Å². The molecule has 6 nitrogen and oxygen atoms in total. The Balaban J connectivity index is 1.95. The van der Waals surface area contributed by atoms with Crippen molar-refractivity contribution in [3.05, 3.63) is 115 Å². The first-order valence-corrected chi connectivity index (χ1v) is 19.7. The second-order valence-corrected chi connectivity index (χ2v) is 19.5. The molecule has 54 heavy (non-hydrogen) atoms. The Hall–Kier alpha value is -4.00. The quantitative estimate of drug-likeness (QED) is 0.138. The van der Waals surface area contributed by atoms with E-state index in [1.807, 2.05) is 0 Å². The third-order valence-electron chi connectivity index (χ3n) is 10.7. The smallest absolute Gasteiger partial charge is 0.126 e. The van der Waals surface area contributed by atoms with E-state index in [0.29, 0.717) is 52.0 Å². The normalized spacial score (nSPS) is 13.9. The average molecular weight is 735 g/mol. The minimum Gasteiger partial charge on any atom is -0.507 e. The van der Waals surface area contributed by atoms with Crippen LogP contribution in [0.5, 0.6) is 23.0 Å². The van der Waals surface area contributed by atoms with Crippen LogP contribution >= 0.6 is 0 Å². The van der Waals surface area contributed by atoms with Crippen LogP contribution in [0.1, 0.15) is 150 Å². The summed E-state index contributed by atoms with van der Waals surface area (Å²) in [7, 11) is 0. The zero-order valence-electron chi connectivity index (χ0n) is 35.1. The lowest BCUT2D eigenvalue weighted by atomic mass is 9.79. The maximum Gasteiger partial charge on any atom is 0.126 e. The molecule has 4 aromatic rings. The molecule has 0 aromatic heterocycles. The Kier molecular flexibility index (Phi) is 11.6. The van der Waals surface area contributed by atoms with Crippen LogP contribution in [0.2, 0.25) is 0 Å². The fourth-order valence-electron chi connectivity index (χ4n) is 7.34. The van der Waals surface area contributed by atoms with Crippen LogP contribution in [0, 0.1) is 0 Å². The van der Waals surface area contributed by atoms with Gasteiger partial charge >= 0.3 is 0 Å². The van der Waals surface area contributed by atoms with Gasteiger partial charge in [0.25, 0.3) is 0 Å². The van der Waals surface area contributed by atoms with Crippen LogP contribution in [0.3, 0.4) is 0 Å². The molecule has 0 heterocycles. The molecule has 1 aliphatic carbocycles. The molecule has 4 aromatic carbocycles. The SMILES string of the molecule is CC(C)(C)c1cc2c(O)c(c1)Cc1cc(C(C)(C)C)cc(c1OCCN)Cc1cc(C(C)(C)C)cc(c1O)Cc1cc(C(C)(C)C)cc(c1OCCN)C2. The van der Waals surface area contributed by atoms with Crippen molar-refractivity contribution < 1.29 is 19.7 Å². The molecule has 0 radical (unpaired) electrons. The number of phenols is 2. The summed E-state index contributed by atoms with van der Waals surface area (Å²) in [6, 6.07) is 17.6. The van der Waals surface area contributed by atoms with Gasteiger partial charge in [-0.1, -0.05) is 132 Å². The second-order valence-electron chi connectivity index (χ2n) is 19.5. The molecule has 0 atom stereocenters. The summed E-state index contributed by atoms with van der Waals surface area (Å²) in [6.07, 6.45) is 1.84. The van der Waals surface area contributed by atoms with E-state index in [-0.39, 0.29) is 33.2 Å². The minimum absolute atomic E-state index is 0.162. The number of nitrogens with two attached hydrogens (primary N) is 2. The van der Waals surface area contributed by atoms with Gasteiger partial charge in [-0.05, 0) is 88.4 Å². The highest BCUT2D eigenvalue weighted by Gasteiger charge is 2.28. The summed E-state index contributed by atoms with van der Waals surface area (Å²) >= 11 is 0. The Labute approximate surface area is 325 Å². The van der Waals surface area contributed by atoms with E-state index in [2.05, 4.69) is 132 Å². The van der Waals surface area contributed by atoms with Gasteiger partial charge in [-0.2, -0.15) is 0 Å². The molecule has 0 saturated carbocycles. The lowest BCUT2D eigenvalue weighted by Gasteiger charge is -2.28. The molecule has 1 aliphatic rings. The van der Waals surface area contributed by atoms with Crippen LogP contribution in [0.4, 0.5) is 0 Å². The Morgan fingerprint density at radius 1 is 0.407 bits per heavy atom. The number of benzene rings is 4. The Bertz CT molecular complexity index is 1760. The summed E-state index contributed by atoms with van der Waals surface area (Å²) in [5, 5.41) is 24.6. The number of ether oxygens (including phenoxy) is 2. The molecule has 0 spiro atoms. The van der Waals surface area contributed by atoms with Gasteiger partial charge in [0.1, 0.15) is 36.2 Å². The van der Waals surface area contributed by atoms with Crippen molar-refractivity contribution in [1.29, 1.82) is 0 Å². The fourth-order valence-corrected chi connectivity index (χ4v) is 7.34. The Morgan fingerprint density at radius 3 is 0.796 bits per heavy atom. The average Bonchev–Trinajstić information content (AvgIpc) is 3.04. The summed E-state index contributed by atoms with van der Waals surface area (Å²) in [6.45, 7) is 28.1. The summed E-state index contributed by atoms with van der Waals surface area (Å²) in [5.41, 5.74) is 23.4. The van der Waals surface area contributed by atoms with Gasteiger partial charge in [0, 0.05) is 38.8 Å². The molecule has 0 saturated heterocycles. The maximum atomic E-state index is 12.3. The van der Waals surface area contributed by atoms with Gasteiger partial charge in [0.15, 0.2) is 0 Å². The van der Waals surface area contributed by atoms with Gasteiger partial charge < -0.3 is 31.2 Å². The molecule has 6 heteroatoms. The number of phenolic OH excluding ortho intramolecular Hbond substituents is 2. The minimum atomic E-state index is -0.169. The van der Waals surface area contributed by atoms with Gasteiger partial charge in [-0.25, -0.2) is 0 Å². The van der Waals surface area contributed by atoms with Crippen LogP contribution in [-0.2, 0) is 47.3 Å².